The Morgan fingerprint density at radius 3 is 2.44 bits per heavy atom. The first-order valence-corrected chi connectivity index (χ1v) is 6.33. The Bertz CT molecular complexity index is 372. The van der Waals surface area contributed by atoms with Gasteiger partial charge < -0.3 is 10.2 Å². The average Bonchev–Trinajstić information content (AvgIpc) is 2.83. The molecule has 100 valence electrons. The second-order valence-electron chi connectivity index (χ2n) is 4.67. The van der Waals surface area contributed by atoms with Gasteiger partial charge in [0.1, 0.15) is 0 Å². The lowest BCUT2D eigenvalue weighted by Crippen LogP contribution is -2.33. The fourth-order valence-corrected chi connectivity index (χ4v) is 2.14. The predicted octanol–water partition coefficient (Wildman–Crippen LogP) is 2.24. The molecule has 0 atom stereocenters. The number of hydrogen-bond acceptors (Lipinski definition) is 2. The van der Waals surface area contributed by atoms with Crippen molar-refractivity contribution in [2.75, 3.05) is 26.2 Å². The molecule has 0 aromatic heterocycles. The Morgan fingerprint density at radius 2 is 1.83 bits per heavy atom. The quantitative estimate of drug-likeness (QED) is 0.908. The van der Waals surface area contributed by atoms with Crippen molar-refractivity contribution in [1.82, 2.24) is 10.2 Å². The summed E-state index contributed by atoms with van der Waals surface area (Å²) in [5, 5.41) is 2.96. The lowest BCUT2D eigenvalue weighted by Gasteiger charge is -2.14. The van der Waals surface area contributed by atoms with Gasteiger partial charge in [0.25, 0.3) is 5.91 Å². The van der Waals surface area contributed by atoms with Crippen molar-refractivity contribution in [3.05, 3.63) is 35.4 Å². The number of amides is 1. The topological polar surface area (TPSA) is 32.3 Å². The summed E-state index contributed by atoms with van der Waals surface area (Å²) in [6.07, 6.45) is 2.60. The zero-order valence-corrected chi connectivity index (χ0v) is 11.6. The van der Waals surface area contributed by atoms with Gasteiger partial charge in [0.15, 0.2) is 0 Å². The molecule has 1 aromatic carbocycles. The monoisotopic (exact) mass is 268 g/mol. The van der Waals surface area contributed by atoms with Crippen LogP contribution in [0.2, 0.25) is 0 Å². The molecular formula is C14H21ClN2O. The van der Waals surface area contributed by atoms with E-state index in [4.69, 9.17) is 0 Å². The summed E-state index contributed by atoms with van der Waals surface area (Å²) < 4.78 is 0. The van der Waals surface area contributed by atoms with Crippen LogP contribution in [0.25, 0.3) is 0 Å². The molecule has 1 aromatic rings. The van der Waals surface area contributed by atoms with Gasteiger partial charge in [-0.2, -0.15) is 0 Å². The van der Waals surface area contributed by atoms with Crippen LogP contribution < -0.4 is 5.32 Å². The van der Waals surface area contributed by atoms with Crippen LogP contribution in [0.1, 0.15) is 28.8 Å². The Kier molecular flexibility index (Phi) is 6.16. The van der Waals surface area contributed by atoms with Gasteiger partial charge in [-0.05, 0) is 45.0 Å². The number of benzene rings is 1. The molecule has 0 saturated carbocycles. The third-order valence-electron chi connectivity index (χ3n) is 3.23. The third-order valence-corrected chi connectivity index (χ3v) is 3.23. The highest BCUT2D eigenvalue weighted by Crippen LogP contribution is 2.06. The summed E-state index contributed by atoms with van der Waals surface area (Å²) in [6, 6.07) is 7.69. The molecule has 2 rings (SSSR count). The average molecular weight is 269 g/mol. The van der Waals surface area contributed by atoms with E-state index in [-0.39, 0.29) is 18.3 Å². The molecule has 1 amide bonds. The molecule has 1 saturated heterocycles. The molecule has 1 aliphatic rings. The van der Waals surface area contributed by atoms with Gasteiger partial charge in [-0.25, -0.2) is 0 Å². The van der Waals surface area contributed by atoms with Crippen LogP contribution in [0.15, 0.2) is 24.3 Å². The molecule has 0 bridgehead atoms. The van der Waals surface area contributed by atoms with Crippen LogP contribution in [0.5, 0.6) is 0 Å². The molecule has 0 unspecified atom stereocenters. The van der Waals surface area contributed by atoms with Crippen molar-refractivity contribution in [2.24, 2.45) is 0 Å². The van der Waals surface area contributed by atoms with Crippen molar-refractivity contribution < 1.29 is 4.79 Å². The van der Waals surface area contributed by atoms with Gasteiger partial charge in [-0.1, -0.05) is 17.7 Å². The van der Waals surface area contributed by atoms with E-state index in [0.717, 1.165) is 18.7 Å². The van der Waals surface area contributed by atoms with Crippen LogP contribution >= 0.6 is 12.4 Å². The van der Waals surface area contributed by atoms with Crippen LogP contribution in [0, 0.1) is 6.92 Å². The summed E-state index contributed by atoms with van der Waals surface area (Å²) in [6.45, 7) is 6.10. The van der Waals surface area contributed by atoms with E-state index in [0.29, 0.717) is 0 Å². The van der Waals surface area contributed by atoms with Crippen molar-refractivity contribution in [3.63, 3.8) is 0 Å². The number of nitrogens with zero attached hydrogens (tertiary/aromatic N) is 1. The van der Waals surface area contributed by atoms with Crippen molar-refractivity contribution in [2.45, 2.75) is 19.8 Å². The molecule has 4 heteroatoms. The normalized spacial score (nSPS) is 15.2. The lowest BCUT2D eigenvalue weighted by molar-refractivity contribution is 0.0950. The van der Waals surface area contributed by atoms with Gasteiger partial charge in [0, 0.05) is 18.7 Å². The minimum absolute atomic E-state index is 0. The largest absolute Gasteiger partial charge is 0.351 e. The number of hydrogen-bond donors (Lipinski definition) is 1. The highest BCUT2D eigenvalue weighted by atomic mass is 35.5. The molecule has 1 heterocycles. The van der Waals surface area contributed by atoms with Gasteiger partial charge in [-0.3, -0.25) is 4.79 Å². The second kappa shape index (κ2) is 7.39. The summed E-state index contributed by atoms with van der Waals surface area (Å²) >= 11 is 0. The zero-order valence-electron chi connectivity index (χ0n) is 10.8. The van der Waals surface area contributed by atoms with Gasteiger partial charge in [0.2, 0.25) is 0 Å². The molecule has 0 spiro atoms. The first-order chi connectivity index (χ1) is 8.25. The van der Waals surface area contributed by atoms with Gasteiger partial charge in [0.05, 0.1) is 0 Å². The molecule has 1 fully saturated rings. The smallest absolute Gasteiger partial charge is 0.251 e. The summed E-state index contributed by atoms with van der Waals surface area (Å²) in [7, 11) is 0. The maximum Gasteiger partial charge on any atom is 0.251 e. The lowest BCUT2D eigenvalue weighted by atomic mass is 10.1. The molecule has 3 nitrogen and oxygen atoms in total. The van der Waals surface area contributed by atoms with Crippen molar-refractivity contribution in [3.8, 4) is 0 Å². The second-order valence-corrected chi connectivity index (χ2v) is 4.67. The fraction of sp³-hybridized carbons (Fsp3) is 0.500. The minimum Gasteiger partial charge on any atom is -0.351 e. The molecule has 0 aliphatic carbocycles. The number of aryl methyl sites for hydroxylation is 1. The van der Waals surface area contributed by atoms with Crippen LogP contribution in [-0.4, -0.2) is 37.0 Å². The summed E-state index contributed by atoms with van der Waals surface area (Å²) in [4.78, 5) is 14.2. The molecule has 18 heavy (non-hydrogen) atoms. The van der Waals surface area contributed by atoms with E-state index >= 15 is 0 Å². The first kappa shape index (κ1) is 15.0. The predicted molar refractivity (Wildman–Crippen MR) is 76.4 cm³/mol. The Morgan fingerprint density at radius 1 is 1.22 bits per heavy atom. The van der Waals surface area contributed by atoms with E-state index in [9.17, 15) is 4.79 Å². The van der Waals surface area contributed by atoms with E-state index in [2.05, 4.69) is 10.2 Å². The van der Waals surface area contributed by atoms with Gasteiger partial charge in [-0.15, -0.1) is 12.4 Å². The maximum absolute atomic E-state index is 11.8. The van der Waals surface area contributed by atoms with Crippen molar-refractivity contribution in [1.29, 1.82) is 0 Å². The SMILES string of the molecule is Cc1ccc(C(=O)NCCN2CCCC2)cc1.Cl. The Labute approximate surface area is 115 Å². The highest BCUT2D eigenvalue weighted by molar-refractivity contribution is 5.94. The Balaban J connectivity index is 0.00000162. The molecule has 1 aliphatic heterocycles. The number of carbonyl (C=O) groups excluding carboxylic acids is 1. The molecular weight excluding hydrogens is 248 g/mol. The van der Waals surface area contributed by atoms with E-state index in [1.54, 1.807) is 0 Å². The van der Waals surface area contributed by atoms with Gasteiger partial charge >= 0.3 is 0 Å². The number of carbonyl (C=O) groups is 1. The standard InChI is InChI=1S/C14H20N2O.ClH/c1-12-4-6-13(7-5-12)14(17)15-8-11-16-9-2-3-10-16;/h4-7H,2-3,8-11H2,1H3,(H,15,17);1H. The highest BCUT2D eigenvalue weighted by Gasteiger charge is 2.11. The fourth-order valence-electron chi connectivity index (χ4n) is 2.14. The van der Waals surface area contributed by atoms with Crippen LogP contribution in [0.4, 0.5) is 0 Å². The minimum atomic E-state index is 0. The zero-order chi connectivity index (χ0) is 12.1. The van der Waals surface area contributed by atoms with Crippen LogP contribution in [0.3, 0.4) is 0 Å². The number of halogens is 1. The molecule has 0 radical (unpaired) electrons. The van der Waals surface area contributed by atoms with Crippen LogP contribution in [-0.2, 0) is 0 Å². The summed E-state index contributed by atoms with van der Waals surface area (Å²) in [5.41, 5.74) is 1.93. The first-order valence-electron chi connectivity index (χ1n) is 6.33. The Hall–Kier alpha value is -1.06. The van der Waals surface area contributed by atoms with Crippen molar-refractivity contribution >= 4 is 18.3 Å². The van der Waals surface area contributed by atoms with E-state index in [1.165, 1.54) is 31.5 Å². The number of likely N-dealkylation sites (tertiary alicyclic amines) is 1. The van der Waals surface area contributed by atoms with E-state index < -0.39 is 0 Å². The third kappa shape index (κ3) is 4.31. The van der Waals surface area contributed by atoms with E-state index in [1.807, 2.05) is 31.2 Å². The number of nitrogens with one attached hydrogen (secondary N) is 1. The maximum atomic E-state index is 11.8. The number of rotatable bonds is 4. The molecule has 1 N–H and O–H groups in total. The summed E-state index contributed by atoms with van der Waals surface area (Å²) in [5.74, 6) is 0.0317.